The predicted molar refractivity (Wildman–Crippen MR) is 353 cm³/mol. The van der Waals surface area contributed by atoms with Crippen molar-refractivity contribution >= 4 is 17.9 Å². The third-order valence-electron chi connectivity index (χ3n) is 15.0. The Morgan fingerprint density at radius 1 is 0.259 bits per heavy atom. The van der Waals surface area contributed by atoms with Crippen LogP contribution in [0.4, 0.5) is 0 Å². The Balaban J connectivity index is 4.30. The van der Waals surface area contributed by atoms with Crippen LogP contribution in [0.15, 0.2) is 97.2 Å². The fraction of sp³-hybridized carbons (Fsp3) is 0.747. The third kappa shape index (κ3) is 67.0. The molecule has 6 nitrogen and oxygen atoms in total. The van der Waals surface area contributed by atoms with Crippen molar-refractivity contribution in [1.82, 2.24) is 0 Å². The van der Waals surface area contributed by atoms with Crippen LogP contribution in [0.3, 0.4) is 0 Å². The quantitative estimate of drug-likeness (QED) is 0.0261. The number of carbonyl (C=O) groups is 3. The molecule has 6 heteroatoms. The Labute approximate surface area is 502 Å². The van der Waals surface area contributed by atoms with Gasteiger partial charge < -0.3 is 14.2 Å². The van der Waals surface area contributed by atoms with Crippen LogP contribution in [0.5, 0.6) is 0 Å². The van der Waals surface area contributed by atoms with Gasteiger partial charge in [-0.2, -0.15) is 0 Å². The van der Waals surface area contributed by atoms with Crippen molar-refractivity contribution in [3.05, 3.63) is 97.2 Å². The van der Waals surface area contributed by atoms with Crippen LogP contribution in [0.25, 0.3) is 0 Å². The van der Waals surface area contributed by atoms with Gasteiger partial charge in [-0.25, -0.2) is 0 Å². The summed E-state index contributed by atoms with van der Waals surface area (Å²) in [4.78, 5) is 38.4. The molecule has 1 unspecified atom stereocenters. The summed E-state index contributed by atoms with van der Waals surface area (Å²) in [5.74, 6) is -0.914. The zero-order valence-corrected chi connectivity index (χ0v) is 53.5. The van der Waals surface area contributed by atoms with E-state index in [2.05, 4.69) is 118 Å². The summed E-state index contributed by atoms with van der Waals surface area (Å²) in [6.45, 7) is 6.51. The molecule has 0 aromatic heterocycles. The largest absolute Gasteiger partial charge is 0.462 e. The molecule has 1 atom stereocenters. The van der Waals surface area contributed by atoms with E-state index >= 15 is 0 Å². The van der Waals surface area contributed by atoms with Crippen molar-refractivity contribution in [2.45, 2.75) is 348 Å². The summed E-state index contributed by atoms with van der Waals surface area (Å²) >= 11 is 0. The van der Waals surface area contributed by atoms with E-state index in [1.54, 1.807) is 0 Å². The van der Waals surface area contributed by atoms with Crippen LogP contribution in [0.1, 0.15) is 342 Å². The SMILES string of the molecule is CC/C=C\C/C=C\C/C=C\CCCCCC(=O)OCC(COC(=O)CCCCCCCCCCCCCCCCC/C=C\C/C=C\CCCCCCC)OC(=O)CCCCCCCCCC/C=C\C/C=C\C/C=C\CCCCCCC. The van der Waals surface area contributed by atoms with Gasteiger partial charge >= 0.3 is 17.9 Å². The topological polar surface area (TPSA) is 78.9 Å². The first-order valence-electron chi connectivity index (χ1n) is 34.7. The molecule has 0 saturated heterocycles. The summed E-state index contributed by atoms with van der Waals surface area (Å²) < 4.78 is 16.9. The van der Waals surface area contributed by atoms with Gasteiger partial charge in [-0.3, -0.25) is 14.4 Å². The molecule has 0 bridgehead atoms. The molecule has 0 heterocycles. The average molecular weight is 1130 g/mol. The molecular formula is C75H130O6. The Bertz CT molecular complexity index is 1580. The first-order chi connectivity index (χ1) is 40.0. The minimum atomic E-state index is -0.796. The van der Waals surface area contributed by atoms with Crippen LogP contribution in [0, 0.1) is 0 Å². The van der Waals surface area contributed by atoms with Crippen molar-refractivity contribution in [2.75, 3.05) is 13.2 Å². The number of rotatable bonds is 63. The molecule has 0 aliphatic heterocycles. The first kappa shape index (κ1) is 77.3. The molecule has 0 radical (unpaired) electrons. The second kappa shape index (κ2) is 68.8. The summed E-state index contributed by atoms with van der Waals surface area (Å²) in [5.41, 5.74) is 0. The van der Waals surface area contributed by atoms with Crippen LogP contribution in [0.2, 0.25) is 0 Å². The number of carbonyl (C=O) groups excluding carboxylic acids is 3. The van der Waals surface area contributed by atoms with E-state index in [1.165, 1.54) is 193 Å². The van der Waals surface area contributed by atoms with Gasteiger partial charge in [-0.05, 0) is 122 Å². The summed E-state index contributed by atoms with van der Waals surface area (Å²) in [5, 5.41) is 0. The van der Waals surface area contributed by atoms with Gasteiger partial charge in [0.05, 0.1) is 0 Å². The van der Waals surface area contributed by atoms with Crippen molar-refractivity contribution in [1.29, 1.82) is 0 Å². The normalized spacial score (nSPS) is 12.7. The molecule has 0 saturated carbocycles. The number of esters is 3. The molecule has 0 N–H and O–H groups in total. The lowest BCUT2D eigenvalue weighted by atomic mass is 10.0. The van der Waals surface area contributed by atoms with Crippen LogP contribution < -0.4 is 0 Å². The Hall–Kier alpha value is -3.67. The average Bonchev–Trinajstić information content (AvgIpc) is 3.46. The number of hydrogen-bond donors (Lipinski definition) is 0. The molecule has 81 heavy (non-hydrogen) atoms. The molecule has 0 aliphatic carbocycles. The molecule has 0 fully saturated rings. The number of allylic oxidation sites excluding steroid dienone is 16. The smallest absolute Gasteiger partial charge is 0.306 e. The Morgan fingerprint density at radius 2 is 0.481 bits per heavy atom. The van der Waals surface area contributed by atoms with Crippen molar-refractivity contribution in [3.63, 3.8) is 0 Å². The summed E-state index contributed by atoms with van der Waals surface area (Å²) in [7, 11) is 0. The highest BCUT2D eigenvalue weighted by molar-refractivity contribution is 5.71. The van der Waals surface area contributed by atoms with Crippen LogP contribution in [-0.4, -0.2) is 37.2 Å². The lowest BCUT2D eigenvalue weighted by Gasteiger charge is -2.18. The highest BCUT2D eigenvalue weighted by Crippen LogP contribution is 2.17. The number of ether oxygens (including phenoxy) is 3. The second-order valence-electron chi connectivity index (χ2n) is 23.1. The zero-order chi connectivity index (χ0) is 58.5. The maximum Gasteiger partial charge on any atom is 0.306 e. The molecular weight excluding hydrogens is 997 g/mol. The number of unbranched alkanes of at least 4 members (excludes halogenated alkanes) is 36. The predicted octanol–water partition coefficient (Wildman–Crippen LogP) is 24.0. The van der Waals surface area contributed by atoms with Gasteiger partial charge in [0.15, 0.2) is 6.10 Å². The van der Waals surface area contributed by atoms with Crippen LogP contribution in [-0.2, 0) is 28.6 Å². The fourth-order valence-electron chi connectivity index (χ4n) is 9.85. The molecule has 0 aromatic rings. The van der Waals surface area contributed by atoms with Crippen molar-refractivity contribution in [3.8, 4) is 0 Å². The van der Waals surface area contributed by atoms with E-state index in [9.17, 15) is 14.4 Å². The lowest BCUT2D eigenvalue weighted by molar-refractivity contribution is -0.167. The fourth-order valence-corrected chi connectivity index (χ4v) is 9.85. The van der Waals surface area contributed by atoms with Gasteiger partial charge in [0.25, 0.3) is 0 Å². The minimum absolute atomic E-state index is 0.0888. The highest BCUT2D eigenvalue weighted by atomic mass is 16.6. The monoisotopic (exact) mass is 1130 g/mol. The molecule has 0 spiro atoms. The molecule has 0 aliphatic rings. The zero-order valence-electron chi connectivity index (χ0n) is 53.5. The Morgan fingerprint density at radius 3 is 0.765 bits per heavy atom. The van der Waals surface area contributed by atoms with E-state index in [4.69, 9.17) is 14.2 Å². The van der Waals surface area contributed by atoms with Gasteiger partial charge in [0, 0.05) is 19.3 Å². The maximum atomic E-state index is 12.9. The highest BCUT2D eigenvalue weighted by Gasteiger charge is 2.19. The standard InChI is InChI=1S/C75H130O6/c1-4-7-10-13-16-19-22-25-27-29-31-33-35-36-37-38-40-41-43-45-47-50-53-56-59-62-65-68-74(77)80-71-72(70-79-73(76)67-64-61-58-55-52-49-24-21-18-15-12-9-6-3)81-75(78)69-66-63-60-57-54-51-48-46-44-42-39-34-32-30-28-26-23-20-17-14-11-8-5-2/h9,12,18,21-23,25-26,29-32,39,42,49,52,72H,4-8,10-11,13-17,19-20,24,27-28,33-38,40-41,43-48,50-51,53-71H2,1-3H3/b12-9-,21-18-,25-22-,26-23-,31-29-,32-30-,42-39-,52-49-. The van der Waals surface area contributed by atoms with E-state index in [0.717, 1.165) is 109 Å². The van der Waals surface area contributed by atoms with Gasteiger partial charge in [0.2, 0.25) is 0 Å². The van der Waals surface area contributed by atoms with E-state index < -0.39 is 6.10 Å². The second-order valence-corrected chi connectivity index (χ2v) is 23.1. The van der Waals surface area contributed by atoms with Gasteiger partial charge in [-0.15, -0.1) is 0 Å². The summed E-state index contributed by atoms with van der Waals surface area (Å²) in [6, 6.07) is 0. The summed E-state index contributed by atoms with van der Waals surface area (Å²) in [6.07, 6.45) is 92.9. The van der Waals surface area contributed by atoms with Gasteiger partial charge in [-0.1, -0.05) is 298 Å². The minimum Gasteiger partial charge on any atom is -0.462 e. The van der Waals surface area contributed by atoms with E-state index in [1.807, 2.05) is 0 Å². The number of hydrogen-bond acceptors (Lipinski definition) is 6. The third-order valence-corrected chi connectivity index (χ3v) is 15.0. The first-order valence-corrected chi connectivity index (χ1v) is 34.7. The molecule has 466 valence electrons. The van der Waals surface area contributed by atoms with E-state index in [0.29, 0.717) is 19.3 Å². The lowest BCUT2D eigenvalue weighted by Crippen LogP contribution is -2.30. The Kier molecular flexibility index (Phi) is 65.7. The molecule has 0 amide bonds. The maximum absolute atomic E-state index is 12.9. The molecule has 0 aromatic carbocycles. The van der Waals surface area contributed by atoms with Crippen LogP contribution >= 0.6 is 0 Å². The van der Waals surface area contributed by atoms with Crippen molar-refractivity contribution < 1.29 is 28.6 Å². The molecule has 0 rings (SSSR count). The van der Waals surface area contributed by atoms with Gasteiger partial charge in [0.1, 0.15) is 13.2 Å². The van der Waals surface area contributed by atoms with Crippen molar-refractivity contribution in [2.24, 2.45) is 0 Å². The van der Waals surface area contributed by atoms with E-state index in [-0.39, 0.29) is 31.1 Å².